The highest BCUT2D eigenvalue weighted by Gasteiger charge is 2.19. The second-order valence-electron chi connectivity index (χ2n) is 4.87. The van der Waals surface area contributed by atoms with Gasteiger partial charge in [-0.25, -0.2) is 4.68 Å². The summed E-state index contributed by atoms with van der Waals surface area (Å²) in [6.07, 6.45) is 1.86. The van der Waals surface area contributed by atoms with Crippen molar-refractivity contribution in [3.63, 3.8) is 0 Å². The van der Waals surface area contributed by atoms with Gasteiger partial charge in [0.2, 0.25) is 0 Å². The van der Waals surface area contributed by atoms with Gasteiger partial charge in [-0.2, -0.15) is 0 Å². The predicted molar refractivity (Wildman–Crippen MR) is 82.6 cm³/mol. The number of aromatic nitrogens is 3. The minimum Gasteiger partial charge on any atom is -0.312 e. The molecule has 0 fully saturated rings. The van der Waals surface area contributed by atoms with Crippen LogP contribution in [0.5, 0.6) is 0 Å². The average Bonchev–Trinajstić information content (AvgIpc) is 2.87. The first-order chi connectivity index (χ1) is 9.62. The molecule has 108 valence electrons. The lowest BCUT2D eigenvalue weighted by Crippen LogP contribution is -2.17. The van der Waals surface area contributed by atoms with Crippen molar-refractivity contribution < 1.29 is 0 Å². The minimum absolute atomic E-state index is 0.236. The van der Waals surface area contributed by atoms with Gasteiger partial charge >= 0.3 is 0 Å². The molecule has 2 aromatic rings. The standard InChI is InChI=1S/C15H21ClN4/c1-5-13(17-4)15-14(6-2)20(19-18-15)11-8-7-10(3)12(16)9-11/h7-9,13,17H,5-6H2,1-4H3. The predicted octanol–water partition coefficient (Wildman–Crippen LogP) is 3.46. The molecule has 1 heterocycles. The van der Waals surface area contributed by atoms with E-state index in [-0.39, 0.29) is 6.04 Å². The van der Waals surface area contributed by atoms with Crippen molar-refractivity contribution in [1.82, 2.24) is 20.3 Å². The van der Waals surface area contributed by atoms with E-state index in [1.807, 2.05) is 36.9 Å². The summed E-state index contributed by atoms with van der Waals surface area (Å²) in [4.78, 5) is 0. The first kappa shape index (κ1) is 15.0. The molecule has 1 unspecified atom stereocenters. The van der Waals surface area contributed by atoms with Gasteiger partial charge in [0.15, 0.2) is 0 Å². The number of benzene rings is 1. The Morgan fingerprint density at radius 2 is 2.10 bits per heavy atom. The van der Waals surface area contributed by atoms with E-state index in [1.165, 1.54) is 0 Å². The Balaban J connectivity index is 2.49. The zero-order chi connectivity index (χ0) is 14.7. The van der Waals surface area contributed by atoms with Crippen molar-refractivity contribution in [2.45, 2.75) is 39.7 Å². The topological polar surface area (TPSA) is 42.7 Å². The quantitative estimate of drug-likeness (QED) is 0.918. The molecular weight excluding hydrogens is 272 g/mol. The number of rotatable bonds is 5. The number of aryl methyl sites for hydroxylation is 1. The van der Waals surface area contributed by atoms with Crippen molar-refractivity contribution in [2.75, 3.05) is 7.05 Å². The summed E-state index contributed by atoms with van der Waals surface area (Å²) < 4.78 is 1.89. The second kappa shape index (κ2) is 6.37. The van der Waals surface area contributed by atoms with E-state index in [0.29, 0.717) is 0 Å². The van der Waals surface area contributed by atoms with Gasteiger partial charge < -0.3 is 5.32 Å². The summed E-state index contributed by atoms with van der Waals surface area (Å²) in [6, 6.07) is 6.21. The highest BCUT2D eigenvalue weighted by molar-refractivity contribution is 6.31. The molecular formula is C15H21ClN4. The van der Waals surface area contributed by atoms with Crippen LogP contribution < -0.4 is 5.32 Å². The van der Waals surface area contributed by atoms with Gasteiger partial charge in [-0.1, -0.05) is 36.7 Å². The van der Waals surface area contributed by atoms with Gasteiger partial charge in [-0.15, -0.1) is 5.10 Å². The summed E-state index contributed by atoms with van der Waals surface area (Å²) in [5, 5.41) is 12.7. The Bertz CT molecular complexity index is 588. The molecule has 4 nitrogen and oxygen atoms in total. The van der Waals surface area contributed by atoms with E-state index >= 15 is 0 Å². The third-order valence-corrected chi connectivity index (χ3v) is 4.02. The Hall–Kier alpha value is -1.39. The monoisotopic (exact) mass is 292 g/mol. The van der Waals surface area contributed by atoms with Crippen LogP contribution in [0.25, 0.3) is 5.69 Å². The minimum atomic E-state index is 0.236. The lowest BCUT2D eigenvalue weighted by Gasteiger charge is -2.13. The molecule has 0 aliphatic heterocycles. The first-order valence-electron chi connectivity index (χ1n) is 7.00. The third-order valence-electron chi connectivity index (χ3n) is 3.61. The Morgan fingerprint density at radius 3 is 2.65 bits per heavy atom. The van der Waals surface area contributed by atoms with Crippen LogP contribution in [-0.4, -0.2) is 22.0 Å². The van der Waals surface area contributed by atoms with Crippen LogP contribution in [0, 0.1) is 6.92 Å². The van der Waals surface area contributed by atoms with Gasteiger partial charge in [0.25, 0.3) is 0 Å². The van der Waals surface area contributed by atoms with Crippen molar-refractivity contribution in [1.29, 1.82) is 0 Å². The number of hydrogen-bond acceptors (Lipinski definition) is 3. The van der Waals surface area contributed by atoms with E-state index in [9.17, 15) is 0 Å². The molecule has 0 aliphatic rings. The molecule has 0 saturated heterocycles. The molecule has 2 rings (SSSR count). The molecule has 1 aromatic carbocycles. The second-order valence-corrected chi connectivity index (χ2v) is 5.28. The molecule has 0 bridgehead atoms. The van der Waals surface area contributed by atoms with Crippen molar-refractivity contribution in [2.24, 2.45) is 0 Å². The molecule has 5 heteroatoms. The maximum Gasteiger partial charge on any atom is 0.103 e. The third kappa shape index (κ3) is 2.72. The van der Waals surface area contributed by atoms with Crippen LogP contribution >= 0.6 is 11.6 Å². The van der Waals surface area contributed by atoms with Gasteiger partial charge in [0.1, 0.15) is 5.69 Å². The fourth-order valence-corrected chi connectivity index (χ4v) is 2.54. The molecule has 0 aliphatic carbocycles. The smallest absolute Gasteiger partial charge is 0.103 e. The first-order valence-corrected chi connectivity index (χ1v) is 7.38. The number of hydrogen-bond donors (Lipinski definition) is 1. The fraction of sp³-hybridized carbons (Fsp3) is 0.467. The maximum absolute atomic E-state index is 6.21. The highest BCUT2D eigenvalue weighted by atomic mass is 35.5. The van der Waals surface area contributed by atoms with E-state index in [0.717, 1.165) is 40.5 Å². The van der Waals surface area contributed by atoms with Crippen LogP contribution in [0.1, 0.15) is 43.3 Å². The lowest BCUT2D eigenvalue weighted by atomic mass is 10.1. The zero-order valence-corrected chi connectivity index (χ0v) is 13.2. The fourth-order valence-electron chi connectivity index (χ4n) is 2.37. The lowest BCUT2D eigenvalue weighted by molar-refractivity contribution is 0.555. The molecule has 1 atom stereocenters. The molecule has 0 spiro atoms. The van der Waals surface area contributed by atoms with Crippen molar-refractivity contribution in [3.05, 3.63) is 40.2 Å². The van der Waals surface area contributed by atoms with Gasteiger partial charge in [-0.3, -0.25) is 0 Å². The van der Waals surface area contributed by atoms with Crippen LogP contribution in [0.2, 0.25) is 5.02 Å². The summed E-state index contributed by atoms with van der Waals surface area (Å²) in [5.74, 6) is 0. The van der Waals surface area contributed by atoms with Crippen LogP contribution in [0.3, 0.4) is 0 Å². The maximum atomic E-state index is 6.21. The van der Waals surface area contributed by atoms with E-state index in [1.54, 1.807) is 0 Å². The van der Waals surface area contributed by atoms with Gasteiger partial charge in [-0.05, 0) is 44.5 Å². The molecule has 0 saturated carbocycles. The van der Waals surface area contributed by atoms with Crippen LogP contribution in [0.15, 0.2) is 18.2 Å². The normalized spacial score (nSPS) is 12.7. The number of nitrogens with one attached hydrogen (secondary N) is 1. The van der Waals surface area contributed by atoms with Crippen LogP contribution in [-0.2, 0) is 6.42 Å². The average molecular weight is 293 g/mol. The molecule has 0 amide bonds. The summed E-state index contributed by atoms with van der Waals surface area (Å²) in [5.41, 5.74) is 4.18. The molecule has 1 aromatic heterocycles. The summed E-state index contributed by atoms with van der Waals surface area (Å²) >= 11 is 6.21. The van der Waals surface area contributed by atoms with E-state index < -0.39 is 0 Å². The SMILES string of the molecule is CCc1c(C(CC)NC)nnn1-c1ccc(C)c(Cl)c1. The Morgan fingerprint density at radius 1 is 1.35 bits per heavy atom. The van der Waals surface area contributed by atoms with E-state index in [2.05, 4.69) is 29.5 Å². The molecule has 1 N–H and O–H groups in total. The van der Waals surface area contributed by atoms with Gasteiger partial charge in [0, 0.05) is 5.02 Å². The van der Waals surface area contributed by atoms with Gasteiger partial charge in [0.05, 0.1) is 17.4 Å². The van der Waals surface area contributed by atoms with E-state index in [4.69, 9.17) is 11.6 Å². The largest absolute Gasteiger partial charge is 0.312 e. The summed E-state index contributed by atoms with van der Waals surface area (Å²) in [7, 11) is 1.95. The van der Waals surface area contributed by atoms with Crippen molar-refractivity contribution >= 4 is 11.6 Å². The van der Waals surface area contributed by atoms with Crippen molar-refractivity contribution in [3.8, 4) is 5.69 Å². The summed E-state index contributed by atoms with van der Waals surface area (Å²) in [6.45, 7) is 6.26. The highest BCUT2D eigenvalue weighted by Crippen LogP contribution is 2.24. The number of nitrogens with zero attached hydrogens (tertiary/aromatic N) is 3. The Labute approximate surface area is 125 Å². The zero-order valence-electron chi connectivity index (χ0n) is 12.4. The van der Waals surface area contributed by atoms with Crippen LogP contribution in [0.4, 0.5) is 0 Å². The molecule has 20 heavy (non-hydrogen) atoms. The Kier molecular flexibility index (Phi) is 4.78. The molecule has 0 radical (unpaired) electrons. The number of halogens is 1.